The Morgan fingerprint density at radius 2 is 1.67 bits per heavy atom. The molecule has 12 heteroatoms. The maximum Gasteiger partial charge on any atom is 0.451 e. The average molecular weight is 338 g/mol. The van der Waals surface area contributed by atoms with Crippen molar-refractivity contribution in [1.82, 2.24) is 0 Å². The molecular weight excluding hydrogens is 328 g/mol. The molecule has 0 saturated heterocycles. The van der Waals surface area contributed by atoms with E-state index in [2.05, 4.69) is 9.47 Å². The van der Waals surface area contributed by atoms with Crippen molar-refractivity contribution in [1.29, 1.82) is 0 Å². The van der Waals surface area contributed by atoms with Gasteiger partial charge in [0.25, 0.3) is 0 Å². The van der Waals surface area contributed by atoms with Crippen LogP contribution in [0.2, 0.25) is 0 Å². The molecule has 122 valence electrons. The molecule has 0 radical (unpaired) electrons. The van der Waals surface area contributed by atoms with Crippen LogP contribution in [-0.4, -0.2) is 49.3 Å². The van der Waals surface area contributed by atoms with Gasteiger partial charge in [0.05, 0.1) is 6.61 Å². The highest BCUT2D eigenvalue weighted by Gasteiger charge is 2.72. The molecule has 0 aromatic rings. The molecule has 1 N–H and O–H groups in total. The summed E-state index contributed by atoms with van der Waals surface area (Å²) >= 11 is 0. The summed E-state index contributed by atoms with van der Waals surface area (Å²) in [5, 5.41) is -5.67. The van der Waals surface area contributed by atoms with Crippen LogP contribution in [-0.2, 0) is 29.2 Å². The maximum atomic E-state index is 13.4. The molecule has 0 heterocycles. The van der Waals surface area contributed by atoms with Crippen LogP contribution < -0.4 is 0 Å². The van der Waals surface area contributed by atoms with Crippen LogP contribution in [0.15, 0.2) is 0 Å². The second kappa shape index (κ2) is 5.75. The Balaban J connectivity index is 2.67. The van der Waals surface area contributed by atoms with Crippen LogP contribution >= 0.6 is 0 Å². The fraction of sp³-hybridized carbons (Fsp3) is 0.778. The lowest BCUT2D eigenvalue weighted by atomic mass is 10.4. The number of carbonyl (C=O) groups excluding carboxylic acids is 2. The Kier molecular flexibility index (Phi) is 4.83. The van der Waals surface area contributed by atoms with Crippen molar-refractivity contribution in [3.63, 3.8) is 0 Å². The Morgan fingerprint density at radius 1 is 1.14 bits per heavy atom. The molecule has 1 unspecified atom stereocenters. The summed E-state index contributed by atoms with van der Waals surface area (Å²) in [6.07, 6.45) is -4.68. The monoisotopic (exact) mass is 338 g/mol. The number of ether oxygens (including phenoxy) is 2. The molecule has 1 saturated carbocycles. The molecule has 0 spiro atoms. The van der Waals surface area contributed by atoms with Crippen molar-refractivity contribution >= 4 is 22.1 Å². The molecule has 1 aliphatic carbocycles. The zero-order chi connectivity index (χ0) is 16.5. The van der Waals surface area contributed by atoms with Gasteiger partial charge < -0.3 is 9.47 Å². The van der Waals surface area contributed by atoms with Crippen molar-refractivity contribution < 1.29 is 49.6 Å². The van der Waals surface area contributed by atoms with E-state index in [4.69, 9.17) is 4.55 Å². The minimum atomic E-state index is -6.50. The molecule has 1 fully saturated rings. The van der Waals surface area contributed by atoms with Gasteiger partial charge in [0.1, 0.15) is 0 Å². The molecule has 21 heavy (non-hydrogen) atoms. The smallest absolute Gasteiger partial charge is 0.451 e. The van der Waals surface area contributed by atoms with E-state index < -0.39 is 39.8 Å². The van der Waals surface area contributed by atoms with Gasteiger partial charge >= 0.3 is 33.2 Å². The summed E-state index contributed by atoms with van der Waals surface area (Å²) < 4.78 is 87.6. The van der Waals surface area contributed by atoms with Gasteiger partial charge in [0.15, 0.2) is 6.61 Å². The van der Waals surface area contributed by atoms with Crippen molar-refractivity contribution in [3.8, 4) is 0 Å². The lowest BCUT2D eigenvalue weighted by Gasteiger charge is -2.22. The normalized spacial score (nSPS) is 18.7. The SMILES string of the molecule is O=C(COC(=O)C(F)(C(F)(F)F)S(=O)(=O)O)OCC1CC1. The molecule has 0 aromatic carbocycles. The third-order valence-electron chi connectivity index (χ3n) is 2.48. The quantitative estimate of drug-likeness (QED) is 0.429. The summed E-state index contributed by atoms with van der Waals surface area (Å²) in [6, 6.07) is 0. The number of hydrogen-bond donors (Lipinski definition) is 1. The molecule has 1 aliphatic rings. The van der Waals surface area contributed by atoms with E-state index in [1.165, 1.54) is 0 Å². The number of alkyl halides is 4. The van der Waals surface area contributed by atoms with Gasteiger partial charge in [-0.15, -0.1) is 0 Å². The highest BCUT2D eigenvalue weighted by atomic mass is 32.2. The van der Waals surface area contributed by atoms with Crippen LogP contribution in [0.25, 0.3) is 0 Å². The molecule has 7 nitrogen and oxygen atoms in total. The van der Waals surface area contributed by atoms with Crippen molar-refractivity contribution in [3.05, 3.63) is 0 Å². The highest BCUT2D eigenvalue weighted by Crippen LogP contribution is 2.39. The first-order chi connectivity index (χ1) is 9.39. The molecule has 0 amide bonds. The Morgan fingerprint density at radius 3 is 2.05 bits per heavy atom. The van der Waals surface area contributed by atoms with Gasteiger partial charge in [-0.3, -0.25) is 4.55 Å². The lowest BCUT2D eigenvalue weighted by molar-refractivity contribution is -0.216. The molecule has 0 bridgehead atoms. The fourth-order valence-corrected chi connectivity index (χ4v) is 1.68. The summed E-state index contributed by atoms with van der Waals surface area (Å²) in [6.45, 7) is -1.45. The largest absolute Gasteiger partial charge is 0.463 e. The number of esters is 2. The van der Waals surface area contributed by atoms with E-state index in [0.29, 0.717) is 0 Å². The standard InChI is InChI=1S/C9H10F4O7S/c10-8(9(11,12)13,21(16,17)18)7(15)20-4-6(14)19-3-5-1-2-5/h5H,1-4H2,(H,16,17,18). The zero-order valence-electron chi connectivity index (χ0n) is 10.2. The molecular formula is C9H10F4O7S. The van der Waals surface area contributed by atoms with Gasteiger partial charge in [0.2, 0.25) is 0 Å². The topological polar surface area (TPSA) is 107 Å². The van der Waals surface area contributed by atoms with E-state index in [1.807, 2.05) is 0 Å². The van der Waals surface area contributed by atoms with Gasteiger partial charge in [-0.05, 0) is 18.8 Å². The lowest BCUT2D eigenvalue weighted by Crippen LogP contribution is -2.55. The summed E-state index contributed by atoms with van der Waals surface area (Å²) in [4.78, 5) is 21.9. The van der Waals surface area contributed by atoms with Gasteiger partial charge in [0, 0.05) is 0 Å². The molecule has 0 aromatic heterocycles. The predicted octanol–water partition coefficient (Wildman–Crippen LogP) is 0.599. The summed E-state index contributed by atoms with van der Waals surface area (Å²) in [5.41, 5.74) is 0. The molecule has 0 aliphatic heterocycles. The first-order valence-electron chi connectivity index (χ1n) is 5.45. The van der Waals surface area contributed by atoms with E-state index >= 15 is 0 Å². The summed E-state index contributed by atoms with van der Waals surface area (Å²) in [7, 11) is -6.50. The minimum Gasteiger partial charge on any atom is -0.463 e. The minimum absolute atomic E-state index is 0.0330. The Labute approximate surface area is 115 Å². The van der Waals surface area contributed by atoms with Gasteiger partial charge in [-0.2, -0.15) is 21.6 Å². The van der Waals surface area contributed by atoms with Gasteiger partial charge in [-0.25, -0.2) is 14.0 Å². The van der Waals surface area contributed by atoms with Crippen molar-refractivity contribution in [2.75, 3.05) is 13.2 Å². The van der Waals surface area contributed by atoms with E-state index in [0.717, 1.165) is 12.8 Å². The predicted molar refractivity (Wildman–Crippen MR) is 56.1 cm³/mol. The van der Waals surface area contributed by atoms with Crippen LogP contribution in [0.1, 0.15) is 12.8 Å². The van der Waals surface area contributed by atoms with E-state index in [-0.39, 0.29) is 12.5 Å². The molecule has 1 rings (SSSR count). The second-order valence-corrected chi connectivity index (χ2v) is 5.78. The third-order valence-corrected chi connectivity index (χ3v) is 3.59. The first kappa shape index (κ1) is 17.6. The van der Waals surface area contributed by atoms with Gasteiger partial charge in [-0.1, -0.05) is 0 Å². The number of rotatable bonds is 6. The van der Waals surface area contributed by atoms with E-state index in [9.17, 15) is 35.6 Å². The van der Waals surface area contributed by atoms with Crippen LogP contribution in [0.3, 0.4) is 0 Å². The zero-order valence-corrected chi connectivity index (χ0v) is 11.0. The fourth-order valence-electron chi connectivity index (χ4n) is 1.12. The van der Waals surface area contributed by atoms with Crippen LogP contribution in [0, 0.1) is 5.92 Å². The highest BCUT2D eigenvalue weighted by molar-refractivity contribution is 7.88. The third kappa shape index (κ3) is 4.03. The van der Waals surface area contributed by atoms with Crippen molar-refractivity contribution in [2.45, 2.75) is 24.0 Å². The molecule has 1 atom stereocenters. The average Bonchev–Trinajstić information content (AvgIpc) is 3.13. The Bertz CT molecular complexity index is 525. The van der Waals surface area contributed by atoms with Crippen molar-refractivity contribution in [2.24, 2.45) is 5.92 Å². The second-order valence-electron chi connectivity index (χ2n) is 4.27. The number of hydrogen-bond acceptors (Lipinski definition) is 6. The number of halogens is 4. The van der Waals surface area contributed by atoms with E-state index in [1.54, 1.807) is 0 Å². The Hall–Kier alpha value is -1.43. The van der Waals surface area contributed by atoms with Crippen LogP contribution in [0.4, 0.5) is 17.6 Å². The number of carbonyl (C=O) groups is 2. The first-order valence-corrected chi connectivity index (χ1v) is 6.89. The van der Waals surface area contributed by atoms with Crippen LogP contribution in [0.5, 0.6) is 0 Å². The maximum absolute atomic E-state index is 13.4. The summed E-state index contributed by atoms with van der Waals surface area (Å²) in [5.74, 6) is -4.12.